The number of benzene rings is 1. The van der Waals surface area contributed by atoms with E-state index in [2.05, 4.69) is 52.2 Å². The summed E-state index contributed by atoms with van der Waals surface area (Å²) in [4.78, 5) is 18.4. The van der Waals surface area contributed by atoms with E-state index >= 15 is 0 Å². The topological polar surface area (TPSA) is 93.4 Å². The maximum absolute atomic E-state index is 11.7. The van der Waals surface area contributed by atoms with Crippen LogP contribution in [0.25, 0.3) is 0 Å². The van der Waals surface area contributed by atoms with E-state index in [1.54, 1.807) is 10.9 Å². The van der Waals surface area contributed by atoms with Crippen LogP contribution in [-0.4, -0.2) is 48.6 Å². The van der Waals surface area contributed by atoms with Crippen molar-refractivity contribution in [2.75, 3.05) is 6.54 Å². The highest BCUT2D eigenvalue weighted by Crippen LogP contribution is 2.30. The van der Waals surface area contributed by atoms with Gasteiger partial charge in [-0.2, -0.15) is 0 Å². The maximum atomic E-state index is 11.7. The van der Waals surface area contributed by atoms with Gasteiger partial charge in [0.05, 0.1) is 12.1 Å². The van der Waals surface area contributed by atoms with Crippen molar-refractivity contribution >= 4 is 5.97 Å². The highest BCUT2D eigenvalue weighted by atomic mass is 16.5. The fourth-order valence-electron chi connectivity index (χ4n) is 4.67. The monoisotopic (exact) mass is 477 g/mol. The van der Waals surface area contributed by atoms with E-state index in [1.807, 2.05) is 25.4 Å². The standard InChI is InChI=1S/C27H35N5O3/c1-4-25-18-31(16-23-14-28-11-10-26(23)35-25)15-22-12-20(7-6-19(22)3)21(13-27(33)34)8-9-24-17-32(5-2)30-29-24/h6-7,10-12,14,17,21,25H,4-5,8-9,13,15-16,18H2,1-3H3,(H,33,34)/t21?,25-/m1/s1. The first-order chi connectivity index (χ1) is 16.9. The van der Waals surface area contributed by atoms with Gasteiger partial charge in [0, 0.05) is 50.3 Å². The van der Waals surface area contributed by atoms with E-state index in [0.29, 0.717) is 12.8 Å². The molecule has 1 aromatic carbocycles. The molecule has 1 aliphatic heterocycles. The molecule has 8 heteroatoms. The molecule has 0 aliphatic carbocycles. The molecule has 0 saturated carbocycles. The highest BCUT2D eigenvalue weighted by molar-refractivity contribution is 5.68. The number of fused-ring (bicyclic) bond motifs is 1. The average molecular weight is 478 g/mol. The van der Waals surface area contributed by atoms with E-state index in [1.165, 1.54) is 11.1 Å². The predicted molar refractivity (Wildman–Crippen MR) is 133 cm³/mol. The number of nitrogens with zero attached hydrogens (tertiary/aromatic N) is 5. The van der Waals surface area contributed by atoms with Crippen LogP contribution in [0.5, 0.6) is 5.75 Å². The third-order valence-corrected chi connectivity index (χ3v) is 6.78. The van der Waals surface area contributed by atoms with Crippen molar-refractivity contribution in [1.82, 2.24) is 24.9 Å². The number of carboxylic acids is 1. The first-order valence-corrected chi connectivity index (χ1v) is 12.5. The number of aryl methyl sites for hydroxylation is 3. The Hall–Kier alpha value is -3.26. The molecule has 0 amide bonds. The van der Waals surface area contributed by atoms with Crippen molar-refractivity contribution in [3.63, 3.8) is 0 Å². The largest absolute Gasteiger partial charge is 0.489 e. The summed E-state index contributed by atoms with van der Waals surface area (Å²) >= 11 is 0. The molecule has 3 heterocycles. The third-order valence-electron chi connectivity index (χ3n) is 6.78. The van der Waals surface area contributed by atoms with Gasteiger partial charge >= 0.3 is 5.97 Å². The summed E-state index contributed by atoms with van der Waals surface area (Å²) in [5, 5.41) is 17.9. The summed E-state index contributed by atoms with van der Waals surface area (Å²) in [5.74, 6) is 0.0506. The van der Waals surface area contributed by atoms with Crippen LogP contribution in [0.15, 0.2) is 42.9 Å². The Labute approximate surface area is 206 Å². The molecule has 0 spiro atoms. The van der Waals surface area contributed by atoms with Crippen LogP contribution in [0.4, 0.5) is 0 Å². The number of carboxylic acid groups (broad SMARTS) is 1. The minimum Gasteiger partial charge on any atom is -0.489 e. The Morgan fingerprint density at radius 1 is 1.29 bits per heavy atom. The highest BCUT2D eigenvalue weighted by Gasteiger charge is 2.23. The van der Waals surface area contributed by atoms with Crippen molar-refractivity contribution in [2.45, 2.75) is 78.1 Å². The minimum atomic E-state index is -0.783. The number of pyridine rings is 1. The summed E-state index contributed by atoms with van der Waals surface area (Å²) in [7, 11) is 0. The van der Waals surface area contributed by atoms with Gasteiger partial charge in [-0.25, -0.2) is 0 Å². The minimum absolute atomic E-state index is 0.0839. The van der Waals surface area contributed by atoms with Gasteiger partial charge in [0.25, 0.3) is 0 Å². The Balaban J connectivity index is 1.53. The predicted octanol–water partition coefficient (Wildman–Crippen LogP) is 4.37. The number of hydrogen-bond acceptors (Lipinski definition) is 6. The number of hydrogen-bond donors (Lipinski definition) is 1. The second-order valence-electron chi connectivity index (χ2n) is 9.39. The quantitative estimate of drug-likeness (QED) is 0.463. The number of aromatic nitrogens is 4. The van der Waals surface area contributed by atoms with E-state index in [9.17, 15) is 9.90 Å². The van der Waals surface area contributed by atoms with Crippen LogP contribution in [-0.2, 0) is 30.8 Å². The molecule has 8 nitrogen and oxygen atoms in total. The molecule has 0 saturated heterocycles. The second kappa shape index (κ2) is 11.4. The molecular weight excluding hydrogens is 442 g/mol. The van der Waals surface area contributed by atoms with Crippen LogP contribution < -0.4 is 4.74 Å². The lowest BCUT2D eigenvalue weighted by atomic mass is 9.88. The summed E-state index contributed by atoms with van der Waals surface area (Å²) in [6.45, 7) is 9.45. The maximum Gasteiger partial charge on any atom is 0.303 e. The van der Waals surface area contributed by atoms with Crippen molar-refractivity contribution in [3.05, 3.63) is 70.8 Å². The molecule has 0 fully saturated rings. The molecule has 186 valence electrons. The normalized spacial score (nSPS) is 16.8. The average Bonchev–Trinajstić information content (AvgIpc) is 3.23. The van der Waals surface area contributed by atoms with Gasteiger partial charge in [-0.1, -0.05) is 30.3 Å². The van der Waals surface area contributed by atoms with Crippen molar-refractivity contribution in [3.8, 4) is 5.75 Å². The zero-order valence-electron chi connectivity index (χ0n) is 20.9. The molecule has 1 N–H and O–H groups in total. The van der Waals surface area contributed by atoms with Gasteiger partial charge < -0.3 is 9.84 Å². The van der Waals surface area contributed by atoms with Gasteiger partial charge in [0.1, 0.15) is 11.9 Å². The summed E-state index contributed by atoms with van der Waals surface area (Å²) in [6.07, 6.45) is 8.18. The van der Waals surface area contributed by atoms with Crippen molar-refractivity contribution in [1.29, 1.82) is 0 Å². The Kier molecular flexibility index (Phi) is 8.13. The zero-order valence-corrected chi connectivity index (χ0v) is 20.9. The number of rotatable bonds is 10. The van der Waals surface area contributed by atoms with Crippen molar-refractivity contribution in [2.24, 2.45) is 0 Å². The first-order valence-electron chi connectivity index (χ1n) is 12.5. The summed E-state index contributed by atoms with van der Waals surface area (Å²) < 4.78 is 8.03. The van der Waals surface area contributed by atoms with E-state index in [-0.39, 0.29) is 18.4 Å². The fraction of sp³-hybridized carbons (Fsp3) is 0.481. The molecule has 4 rings (SSSR count). The molecule has 1 aliphatic rings. The van der Waals surface area contributed by atoms with Gasteiger partial charge in [-0.15, -0.1) is 5.10 Å². The molecule has 1 unspecified atom stereocenters. The molecule has 0 bridgehead atoms. The molecule has 0 radical (unpaired) electrons. The fourth-order valence-corrected chi connectivity index (χ4v) is 4.67. The number of ether oxygens (including phenoxy) is 1. The van der Waals surface area contributed by atoms with Gasteiger partial charge in [0.2, 0.25) is 0 Å². The summed E-state index contributed by atoms with van der Waals surface area (Å²) in [6, 6.07) is 8.34. The molecule has 35 heavy (non-hydrogen) atoms. The van der Waals surface area contributed by atoms with Gasteiger partial charge in [-0.05, 0) is 61.8 Å². The van der Waals surface area contributed by atoms with Crippen LogP contribution in [0.3, 0.4) is 0 Å². The Morgan fingerprint density at radius 3 is 2.89 bits per heavy atom. The van der Waals surface area contributed by atoms with Gasteiger partial charge in [0.15, 0.2) is 0 Å². The number of aliphatic carboxylic acids is 1. The molecule has 3 aromatic rings. The smallest absolute Gasteiger partial charge is 0.303 e. The molecular formula is C27H35N5O3. The van der Waals surface area contributed by atoms with Crippen LogP contribution in [0.1, 0.15) is 67.0 Å². The Bertz CT molecular complexity index is 1150. The van der Waals surface area contributed by atoms with E-state index < -0.39 is 5.97 Å². The number of carbonyl (C=O) groups is 1. The van der Waals surface area contributed by atoms with Gasteiger partial charge in [-0.3, -0.25) is 19.4 Å². The van der Waals surface area contributed by atoms with Crippen LogP contribution >= 0.6 is 0 Å². The first kappa shape index (κ1) is 24.9. The summed E-state index contributed by atoms with van der Waals surface area (Å²) in [5.41, 5.74) is 5.49. The van der Waals surface area contributed by atoms with Crippen LogP contribution in [0.2, 0.25) is 0 Å². The van der Waals surface area contributed by atoms with E-state index in [0.717, 1.165) is 55.2 Å². The van der Waals surface area contributed by atoms with Crippen molar-refractivity contribution < 1.29 is 14.6 Å². The van der Waals surface area contributed by atoms with E-state index in [4.69, 9.17) is 4.74 Å². The molecule has 2 aromatic heterocycles. The second-order valence-corrected chi connectivity index (χ2v) is 9.39. The van der Waals surface area contributed by atoms with Crippen LogP contribution in [0, 0.1) is 6.92 Å². The lowest BCUT2D eigenvalue weighted by molar-refractivity contribution is -0.137. The lowest BCUT2D eigenvalue weighted by Crippen LogP contribution is -2.32. The Morgan fingerprint density at radius 2 is 2.14 bits per heavy atom. The zero-order chi connectivity index (χ0) is 24.8. The molecule has 2 atom stereocenters. The SMILES string of the molecule is CC[C@@H]1CN(Cc2cc(C(CCc3cn(CC)nn3)CC(=O)O)ccc2C)Cc2cnccc2O1. The lowest BCUT2D eigenvalue weighted by Gasteiger charge is -2.25. The third kappa shape index (κ3) is 6.45.